The number of fused-ring (bicyclic) bond motifs is 5. The molecule has 2 saturated carbocycles. The number of aromatic hydroxyl groups is 2. The molecule has 0 radical (unpaired) electrons. The van der Waals surface area contributed by atoms with E-state index < -0.39 is 5.60 Å². The van der Waals surface area contributed by atoms with Gasteiger partial charge >= 0.3 is 0 Å². The molecule has 4 aromatic rings. The predicted octanol–water partition coefficient (Wildman–Crippen LogP) is 9.71. The topological polar surface area (TPSA) is 107 Å². The first kappa shape index (κ1) is 38.5. The third-order valence-electron chi connectivity index (χ3n) is 13.9. The van der Waals surface area contributed by atoms with Gasteiger partial charge in [0.15, 0.2) is 5.78 Å². The van der Waals surface area contributed by atoms with Crippen molar-refractivity contribution >= 4 is 33.0 Å². The zero-order valence-corrected chi connectivity index (χ0v) is 33.2. The van der Waals surface area contributed by atoms with Crippen molar-refractivity contribution in [2.75, 3.05) is 26.2 Å². The van der Waals surface area contributed by atoms with Crippen molar-refractivity contribution in [2.24, 2.45) is 23.2 Å². The fourth-order valence-corrected chi connectivity index (χ4v) is 12.0. The predicted molar refractivity (Wildman–Crippen MR) is 222 cm³/mol. The Labute approximate surface area is 334 Å². The number of hydrogen-bond acceptors (Lipinski definition) is 8. The Morgan fingerprint density at radius 1 is 0.929 bits per heavy atom. The van der Waals surface area contributed by atoms with Crippen LogP contribution >= 0.6 is 11.3 Å². The average Bonchev–Trinajstić information content (AvgIpc) is 3.72. The van der Waals surface area contributed by atoms with Crippen LogP contribution in [0.15, 0.2) is 77.9 Å². The summed E-state index contributed by atoms with van der Waals surface area (Å²) in [6, 6.07) is 19.2. The molecular weight excluding hydrogens is 719 g/mol. The fourth-order valence-electron chi connectivity index (χ4n) is 10.8. The van der Waals surface area contributed by atoms with Crippen LogP contribution < -0.4 is 4.74 Å². The highest BCUT2D eigenvalue weighted by molar-refractivity contribution is 7.22. The number of ketones is 2. The number of piperidine rings is 1. The maximum absolute atomic E-state index is 13.6. The van der Waals surface area contributed by atoms with Crippen LogP contribution in [0, 0.1) is 35.5 Å². The van der Waals surface area contributed by atoms with E-state index in [2.05, 4.69) is 17.7 Å². The number of hydrogen-bond donors (Lipinski definition) is 3. The minimum atomic E-state index is -0.903. The van der Waals surface area contributed by atoms with Crippen molar-refractivity contribution in [3.63, 3.8) is 0 Å². The van der Waals surface area contributed by atoms with Crippen LogP contribution in [0.2, 0.25) is 0 Å². The molecule has 4 aliphatic carbocycles. The molecule has 56 heavy (non-hydrogen) atoms. The Kier molecular flexibility index (Phi) is 10.9. The van der Waals surface area contributed by atoms with Crippen molar-refractivity contribution in [2.45, 2.75) is 89.6 Å². The lowest BCUT2D eigenvalue weighted by atomic mass is 9.52. The van der Waals surface area contributed by atoms with E-state index in [4.69, 9.17) is 11.2 Å². The molecule has 2 heterocycles. The van der Waals surface area contributed by atoms with Gasteiger partial charge in [-0.2, -0.15) is 0 Å². The van der Waals surface area contributed by atoms with Gasteiger partial charge in [-0.1, -0.05) is 30.4 Å². The number of thiophene rings is 1. The van der Waals surface area contributed by atoms with Crippen LogP contribution in [-0.2, 0) is 4.79 Å². The number of aliphatic hydroxyl groups is 1. The van der Waals surface area contributed by atoms with E-state index in [0.717, 1.165) is 97.3 Å². The molecule has 1 aliphatic heterocycles. The Morgan fingerprint density at radius 2 is 1.68 bits per heavy atom. The second-order valence-corrected chi connectivity index (χ2v) is 17.9. The summed E-state index contributed by atoms with van der Waals surface area (Å²) < 4.78 is 6.76. The van der Waals surface area contributed by atoms with E-state index in [1.165, 1.54) is 42.6 Å². The third kappa shape index (κ3) is 7.30. The number of nitrogens with zero attached hydrogens (tertiary/aromatic N) is 1. The molecular formula is C48H53NO6S. The lowest BCUT2D eigenvalue weighted by Gasteiger charge is -2.53. The summed E-state index contributed by atoms with van der Waals surface area (Å²) in [6.07, 6.45) is 18.3. The summed E-state index contributed by atoms with van der Waals surface area (Å²) in [5.41, 5.74) is 4.10. The minimum absolute atomic E-state index is 0.0834. The summed E-state index contributed by atoms with van der Waals surface area (Å²) in [7, 11) is 0. The Balaban J connectivity index is 0.000000172. The van der Waals surface area contributed by atoms with Crippen LogP contribution in [0.5, 0.6) is 17.2 Å². The van der Waals surface area contributed by atoms with E-state index >= 15 is 0 Å². The van der Waals surface area contributed by atoms with Gasteiger partial charge in [-0.05, 0) is 161 Å². The molecule has 0 spiro atoms. The number of phenolic OH excluding ortho intramolecular Hbond substituents is 2. The molecule has 5 aliphatic rings. The molecule has 9 rings (SSSR count). The van der Waals surface area contributed by atoms with Gasteiger partial charge in [0.25, 0.3) is 0 Å². The number of terminal acetylenes is 1. The summed E-state index contributed by atoms with van der Waals surface area (Å²) in [5, 5.41) is 31.4. The van der Waals surface area contributed by atoms with Crippen LogP contribution in [0.3, 0.4) is 0 Å². The first-order chi connectivity index (χ1) is 27.1. The highest BCUT2D eigenvalue weighted by Crippen LogP contribution is 2.64. The molecule has 8 heteroatoms. The van der Waals surface area contributed by atoms with Gasteiger partial charge in [0.05, 0.1) is 0 Å². The van der Waals surface area contributed by atoms with Gasteiger partial charge < -0.3 is 20.1 Å². The monoisotopic (exact) mass is 771 g/mol. The average molecular weight is 772 g/mol. The molecule has 0 bridgehead atoms. The molecule has 1 saturated heterocycles. The maximum Gasteiger partial charge on any atom is 0.195 e. The number of likely N-dealkylation sites (tertiary alicyclic amines) is 1. The first-order valence-corrected chi connectivity index (χ1v) is 21.4. The quantitative estimate of drug-likeness (QED) is 0.0976. The Hall–Kier alpha value is -4.42. The maximum atomic E-state index is 13.6. The lowest BCUT2D eigenvalue weighted by Crippen LogP contribution is -2.50. The van der Waals surface area contributed by atoms with Gasteiger partial charge in [-0.3, -0.25) is 14.5 Å². The number of allylic oxidation sites excluding steroid dienone is 2. The summed E-state index contributed by atoms with van der Waals surface area (Å²) in [5.74, 6) is 6.07. The molecule has 3 fully saturated rings. The van der Waals surface area contributed by atoms with Crippen molar-refractivity contribution in [3.8, 4) is 40.0 Å². The highest BCUT2D eigenvalue weighted by atomic mass is 32.1. The van der Waals surface area contributed by atoms with E-state index in [0.29, 0.717) is 41.3 Å². The van der Waals surface area contributed by atoms with Gasteiger partial charge in [0.1, 0.15) is 35.2 Å². The van der Waals surface area contributed by atoms with Gasteiger partial charge in [0.2, 0.25) is 0 Å². The Bertz CT molecular complexity index is 2170. The smallest absolute Gasteiger partial charge is 0.195 e. The second-order valence-electron chi connectivity index (χ2n) is 16.9. The van der Waals surface area contributed by atoms with Crippen LogP contribution in [0.25, 0.3) is 20.5 Å². The molecule has 0 unspecified atom stereocenters. The molecule has 3 aromatic carbocycles. The molecule has 5 atom stereocenters. The van der Waals surface area contributed by atoms with Gasteiger partial charge in [-0.25, -0.2) is 0 Å². The van der Waals surface area contributed by atoms with E-state index in [-0.39, 0.29) is 22.7 Å². The molecule has 3 N–H and O–H groups in total. The second kappa shape index (κ2) is 15.8. The van der Waals surface area contributed by atoms with Crippen LogP contribution in [0.4, 0.5) is 0 Å². The fraction of sp³-hybridized carbons (Fsp3) is 0.458. The normalized spacial score (nSPS) is 27.4. The van der Waals surface area contributed by atoms with Crippen molar-refractivity contribution in [3.05, 3.63) is 89.0 Å². The molecule has 1 aromatic heterocycles. The summed E-state index contributed by atoms with van der Waals surface area (Å²) in [6.45, 7) is 6.08. The van der Waals surface area contributed by atoms with E-state index in [9.17, 15) is 24.9 Å². The Morgan fingerprint density at radius 3 is 2.43 bits per heavy atom. The minimum Gasteiger partial charge on any atom is -0.508 e. The number of benzene rings is 3. The number of rotatable bonds is 7. The van der Waals surface area contributed by atoms with E-state index in [1.807, 2.05) is 24.3 Å². The van der Waals surface area contributed by atoms with Gasteiger partial charge in [-0.15, -0.1) is 17.8 Å². The third-order valence-corrected chi connectivity index (χ3v) is 15.1. The number of carbonyl (C=O) groups excluding carboxylic acids is 2. The van der Waals surface area contributed by atoms with Gasteiger partial charge in [0, 0.05) is 50.9 Å². The van der Waals surface area contributed by atoms with Crippen LogP contribution in [0.1, 0.15) is 99.9 Å². The highest BCUT2D eigenvalue weighted by Gasteiger charge is 2.61. The largest absolute Gasteiger partial charge is 0.508 e. The lowest BCUT2D eigenvalue weighted by molar-refractivity contribution is -0.119. The van der Waals surface area contributed by atoms with Crippen LogP contribution in [-0.4, -0.2) is 63.6 Å². The number of phenols is 2. The number of ether oxygens (including phenoxy) is 1. The summed E-state index contributed by atoms with van der Waals surface area (Å²) >= 11 is 1.46. The zero-order valence-electron chi connectivity index (χ0n) is 32.4. The van der Waals surface area contributed by atoms with Crippen molar-refractivity contribution < 1.29 is 29.6 Å². The van der Waals surface area contributed by atoms with Crippen molar-refractivity contribution in [1.82, 2.24) is 4.90 Å². The first-order valence-electron chi connectivity index (χ1n) is 20.5. The van der Waals surface area contributed by atoms with E-state index in [1.54, 1.807) is 48.0 Å². The molecule has 292 valence electrons. The summed E-state index contributed by atoms with van der Waals surface area (Å²) in [4.78, 5) is 28.6. The SMILES string of the molecule is C#C[C@]1(O)CC[C@H]2[C@@H]3CCC4=C(CCC(=O)C4)[C@H]3CC[C@@]21C.O=C(c1ccc(OCCN2CCCCC2)cc1)c1c(-c2ccc(O)cc2)sc2cc(O)ccc12. The number of carbonyl (C=O) groups is 2. The molecule has 7 nitrogen and oxygen atoms in total. The molecule has 0 amide bonds. The van der Waals surface area contributed by atoms with Crippen molar-refractivity contribution in [1.29, 1.82) is 0 Å². The standard InChI is InChI=1S/C28H27NO4S.C20H26O2/c30-21-8-4-20(5-9-21)28-26(24-13-10-22(31)18-25(24)34-28)27(32)19-6-11-23(12-7-19)33-17-16-29-14-2-1-3-15-29;1-3-20(22)11-9-18-17-6-4-13-12-14(21)5-7-15(13)16(17)8-10-19(18,20)2/h4-13,18,30-31H,1-3,14-17H2;1,16-18,22H,4-12H2,2H3/t;16-,17-,18+,19+,20+/m.1/s1. The number of Topliss-reactive ketones (excluding diaryl/α,β-unsaturated/α-hetero) is 1. The zero-order chi connectivity index (χ0) is 39.0.